The van der Waals surface area contributed by atoms with Crippen LogP contribution in [0.15, 0.2) is 24.8 Å². The van der Waals surface area contributed by atoms with Gasteiger partial charge in [-0.25, -0.2) is 19.3 Å². The van der Waals surface area contributed by atoms with Crippen molar-refractivity contribution in [2.24, 2.45) is 0 Å². The van der Waals surface area contributed by atoms with Crippen LogP contribution in [0.4, 0.5) is 4.39 Å². The summed E-state index contributed by atoms with van der Waals surface area (Å²) in [7, 11) is -7.08. The van der Waals surface area contributed by atoms with E-state index in [0.717, 1.165) is 12.1 Å². The molecular weight excluding hydrogens is 744 g/mol. The molecule has 1 fully saturated rings. The average molecular weight is 805 g/mol. The average Bonchev–Trinajstić information content (AvgIpc) is 3.54. The van der Waals surface area contributed by atoms with E-state index in [4.69, 9.17) is 32.5 Å². The summed E-state index contributed by atoms with van der Waals surface area (Å²) in [5.74, 6) is -2.54. The zero-order valence-electron chi connectivity index (χ0n) is 35.3. The SMILES string of the molecule is CC(=O)Oc1cc(F)cc(OC(C)=O)c1-c1ncnc2c1ncn2[C@@H]1O[C@H](CO[Si](C)(C)C(C)(C)C)[C@@H](O[Si](C)(C)C(C)(C)C)[C@H]1O[Si](C)(C)C(C)(C)C. The van der Waals surface area contributed by atoms with Gasteiger partial charge in [0, 0.05) is 26.0 Å². The van der Waals surface area contributed by atoms with Crippen LogP contribution < -0.4 is 9.47 Å². The van der Waals surface area contributed by atoms with Gasteiger partial charge in [-0.15, -0.1) is 0 Å². The zero-order valence-corrected chi connectivity index (χ0v) is 38.3. The topological polar surface area (TPSA) is 133 Å². The van der Waals surface area contributed by atoms with Crippen LogP contribution in [0.25, 0.3) is 22.4 Å². The lowest BCUT2D eigenvalue weighted by atomic mass is 10.1. The predicted octanol–water partition coefficient (Wildman–Crippen LogP) is 9.18. The van der Waals surface area contributed by atoms with Crippen LogP contribution in [0, 0.1) is 5.82 Å². The number of benzene rings is 1. The minimum Gasteiger partial charge on any atom is -0.426 e. The third-order valence-electron chi connectivity index (χ3n) is 11.6. The van der Waals surface area contributed by atoms with E-state index in [-0.39, 0.29) is 43.4 Å². The van der Waals surface area contributed by atoms with Crippen LogP contribution >= 0.6 is 0 Å². The molecule has 0 amide bonds. The van der Waals surface area contributed by atoms with E-state index in [1.807, 2.05) is 4.57 Å². The molecule has 1 saturated heterocycles. The maximum absolute atomic E-state index is 14.8. The number of fused-ring (bicyclic) bond motifs is 1. The molecule has 4 atom stereocenters. The Hall–Kier alpha value is -2.87. The van der Waals surface area contributed by atoms with Crippen molar-refractivity contribution in [3.63, 3.8) is 0 Å². The maximum atomic E-state index is 14.8. The molecule has 3 aromatic rings. The third-order valence-corrected chi connectivity index (χ3v) is 25.0. The van der Waals surface area contributed by atoms with Gasteiger partial charge in [-0.2, -0.15) is 0 Å². The van der Waals surface area contributed by atoms with Gasteiger partial charge in [-0.05, 0) is 54.4 Å². The van der Waals surface area contributed by atoms with Crippen LogP contribution in [0.3, 0.4) is 0 Å². The van der Waals surface area contributed by atoms with E-state index < -0.39 is 67.2 Å². The summed E-state index contributed by atoms with van der Waals surface area (Å²) < 4.78 is 55.9. The molecule has 300 valence electrons. The van der Waals surface area contributed by atoms with Crippen molar-refractivity contribution in [3.8, 4) is 22.8 Å². The zero-order chi connectivity index (χ0) is 41.0. The molecule has 0 radical (unpaired) electrons. The molecule has 4 rings (SSSR count). The highest BCUT2D eigenvalue weighted by molar-refractivity contribution is 6.75. The van der Waals surface area contributed by atoms with Crippen molar-refractivity contribution in [2.45, 2.75) is 155 Å². The Labute approximate surface area is 323 Å². The monoisotopic (exact) mass is 804 g/mol. The lowest BCUT2D eigenvalue weighted by molar-refractivity contribution is -0.132. The van der Waals surface area contributed by atoms with E-state index >= 15 is 0 Å². The van der Waals surface area contributed by atoms with Crippen molar-refractivity contribution in [1.29, 1.82) is 0 Å². The first-order valence-corrected chi connectivity index (χ1v) is 27.2. The van der Waals surface area contributed by atoms with Gasteiger partial charge in [0.2, 0.25) is 0 Å². The second-order valence-electron chi connectivity index (χ2n) is 18.8. The Morgan fingerprint density at radius 2 is 1.24 bits per heavy atom. The fourth-order valence-electron chi connectivity index (χ4n) is 5.36. The molecule has 0 spiro atoms. The van der Waals surface area contributed by atoms with Crippen LogP contribution in [-0.2, 0) is 27.6 Å². The second-order valence-corrected chi connectivity index (χ2v) is 33.2. The highest BCUT2D eigenvalue weighted by Gasteiger charge is 2.55. The molecule has 0 aliphatic carbocycles. The van der Waals surface area contributed by atoms with E-state index in [1.54, 1.807) is 6.33 Å². The second kappa shape index (κ2) is 15.2. The summed E-state index contributed by atoms with van der Waals surface area (Å²) in [4.78, 5) is 38.2. The predicted molar refractivity (Wildman–Crippen MR) is 215 cm³/mol. The molecule has 0 bridgehead atoms. The number of hydrogen-bond donors (Lipinski definition) is 0. The van der Waals surface area contributed by atoms with Gasteiger partial charge >= 0.3 is 11.9 Å². The van der Waals surface area contributed by atoms with Crippen LogP contribution in [0.1, 0.15) is 82.4 Å². The summed E-state index contributed by atoms with van der Waals surface area (Å²) in [6.45, 7) is 35.9. The molecule has 1 aromatic carbocycles. The fraction of sp³-hybridized carbons (Fsp3) is 0.658. The number of ether oxygens (including phenoxy) is 3. The van der Waals surface area contributed by atoms with Crippen molar-refractivity contribution >= 4 is 48.1 Å². The first-order chi connectivity index (χ1) is 24.5. The van der Waals surface area contributed by atoms with E-state index in [9.17, 15) is 14.0 Å². The number of esters is 2. The minimum atomic E-state index is -2.46. The fourth-order valence-corrected chi connectivity index (χ4v) is 8.98. The molecule has 0 saturated carbocycles. The lowest BCUT2D eigenvalue weighted by Gasteiger charge is -2.44. The Kier molecular flexibility index (Phi) is 12.4. The summed E-state index contributed by atoms with van der Waals surface area (Å²) in [5.41, 5.74) is 0.889. The number of rotatable bonds is 11. The molecule has 16 heteroatoms. The van der Waals surface area contributed by atoms with Gasteiger partial charge in [0.15, 0.2) is 36.8 Å². The molecular formula is C38H61FN4O8Si3. The van der Waals surface area contributed by atoms with Gasteiger partial charge in [0.05, 0.1) is 18.5 Å². The van der Waals surface area contributed by atoms with Gasteiger partial charge in [-0.3, -0.25) is 14.2 Å². The Morgan fingerprint density at radius 3 is 1.70 bits per heavy atom. The molecule has 1 aliphatic heterocycles. The Bertz CT molecular complexity index is 1830. The van der Waals surface area contributed by atoms with Crippen LogP contribution in [0.2, 0.25) is 54.4 Å². The Balaban J connectivity index is 1.96. The van der Waals surface area contributed by atoms with Gasteiger partial charge in [-0.1, -0.05) is 62.3 Å². The molecule has 1 aliphatic rings. The van der Waals surface area contributed by atoms with Crippen molar-refractivity contribution in [1.82, 2.24) is 19.5 Å². The largest absolute Gasteiger partial charge is 0.426 e. The normalized spacial score (nSPS) is 20.4. The first-order valence-electron chi connectivity index (χ1n) is 18.5. The standard InChI is InChI=1S/C38H61FN4O8Si3/c1-23(44)47-26-18-25(39)19-27(48-24(2)45)29(26)30-31-34(41-21-40-30)43(22-42-31)35-33(51-54(16,17)38(9,10)11)32(50-53(14,15)37(6,7)8)28(49-35)20-46-52(12,13)36(3,4)5/h18-19,21-22,28,32-33,35H,20H2,1-17H3/t28-,32-,33-,35-/m1/s1. The molecule has 3 heterocycles. The molecule has 0 N–H and O–H groups in total. The van der Waals surface area contributed by atoms with Gasteiger partial charge < -0.3 is 27.5 Å². The van der Waals surface area contributed by atoms with E-state index in [2.05, 4.69) is 112 Å². The molecule has 54 heavy (non-hydrogen) atoms. The van der Waals surface area contributed by atoms with Gasteiger partial charge in [0.25, 0.3) is 0 Å². The summed E-state index contributed by atoms with van der Waals surface area (Å²) >= 11 is 0. The highest BCUT2D eigenvalue weighted by Crippen LogP contribution is 2.48. The first kappa shape index (κ1) is 43.9. The third kappa shape index (κ3) is 9.22. The molecule has 0 unspecified atom stereocenters. The summed E-state index contributed by atoms with van der Waals surface area (Å²) in [6, 6.07) is 2.07. The number of imidazole rings is 1. The highest BCUT2D eigenvalue weighted by atomic mass is 28.4. The number of carbonyl (C=O) groups is 2. The van der Waals surface area contributed by atoms with E-state index in [0.29, 0.717) is 12.3 Å². The lowest BCUT2D eigenvalue weighted by Crippen LogP contribution is -2.54. The van der Waals surface area contributed by atoms with Crippen LogP contribution in [-0.4, -0.2) is 81.3 Å². The van der Waals surface area contributed by atoms with Crippen LogP contribution in [0.5, 0.6) is 11.5 Å². The van der Waals surface area contributed by atoms with Crippen molar-refractivity contribution in [2.75, 3.05) is 6.61 Å². The quantitative estimate of drug-likeness (QED) is 0.104. The molecule has 2 aromatic heterocycles. The number of carbonyl (C=O) groups excluding carboxylic acids is 2. The Morgan fingerprint density at radius 1 is 0.759 bits per heavy atom. The number of nitrogens with zero attached hydrogens (tertiary/aromatic N) is 4. The van der Waals surface area contributed by atoms with Crippen molar-refractivity contribution < 1.29 is 41.5 Å². The number of aromatic nitrogens is 4. The minimum absolute atomic E-state index is 0.0258. The van der Waals surface area contributed by atoms with Crippen molar-refractivity contribution in [3.05, 3.63) is 30.6 Å². The summed E-state index contributed by atoms with van der Waals surface area (Å²) in [5, 5.41) is -0.262. The maximum Gasteiger partial charge on any atom is 0.308 e. The summed E-state index contributed by atoms with van der Waals surface area (Å²) in [6.07, 6.45) is 0.629. The van der Waals surface area contributed by atoms with Gasteiger partial charge in [0.1, 0.15) is 53.2 Å². The number of hydrogen-bond acceptors (Lipinski definition) is 11. The van der Waals surface area contributed by atoms with E-state index in [1.165, 1.54) is 20.2 Å². The molecule has 12 nitrogen and oxygen atoms in total. The smallest absolute Gasteiger partial charge is 0.308 e. The number of halogens is 1.